The number of carbonyl (C=O) groups is 9. The van der Waals surface area contributed by atoms with Gasteiger partial charge in [-0.3, -0.25) is 43.2 Å². The van der Waals surface area contributed by atoms with Crippen molar-refractivity contribution in [2.24, 2.45) is 17.4 Å². The van der Waals surface area contributed by atoms with E-state index in [0.717, 1.165) is 84.9 Å². The van der Waals surface area contributed by atoms with Crippen LogP contribution < -0.4 is 73.5 Å². The van der Waals surface area contributed by atoms with Crippen molar-refractivity contribution in [3.63, 3.8) is 0 Å². The molecule has 0 radical (unpaired) electrons. The van der Waals surface area contributed by atoms with Crippen LogP contribution in [0.5, 0.6) is 46.0 Å². The van der Waals surface area contributed by atoms with Gasteiger partial charge in [0.1, 0.15) is 95.5 Å². The minimum Gasteiger partial charge on any atom is -0.508 e. The molecule has 6 aromatic carbocycles. The molecule has 22 N–H and O–H groups in total. The molecule has 2 fully saturated rings. The molecule has 0 aromatic heterocycles. The van der Waals surface area contributed by atoms with Crippen molar-refractivity contribution < 1.29 is 131 Å². The van der Waals surface area contributed by atoms with Crippen molar-refractivity contribution >= 4 is 82.1 Å². The Labute approximate surface area is 661 Å². The number of carbonyl (C=O) groups excluding carboxylic acids is 9. The van der Waals surface area contributed by atoms with E-state index in [1.165, 1.54) is 27.0 Å². The smallest absolute Gasteiger partial charge is 0.416 e. The number of aliphatic hydroxyl groups is 6. The quantitative estimate of drug-likeness (QED) is 0.0657. The summed E-state index contributed by atoms with van der Waals surface area (Å²) >= 11 is 14.2. The summed E-state index contributed by atoms with van der Waals surface area (Å²) in [6.45, 7) is 4.56. The number of ether oxygens (including phenoxy) is 6. The molecule has 616 valence electrons. The number of nitrogens with two attached hydrogens (primary N) is 2. The molecule has 13 rings (SSSR count). The summed E-state index contributed by atoms with van der Waals surface area (Å²) in [6, 6.07) is 1.73. The van der Waals surface area contributed by atoms with Crippen molar-refractivity contribution in [3.05, 3.63) is 147 Å². The summed E-state index contributed by atoms with van der Waals surface area (Å²) < 4.78 is 78.7. The van der Waals surface area contributed by atoms with E-state index < -0.39 is 272 Å². The minimum absolute atomic E-state index is 0.125. The molecule has 0 saturated carbocycles. The SMILES string of the molecule is CNC(CC(C)C)C(=O)NC1C(=O)NC(CC(N)=O)C(=O)NC2C(=O)NC3C(=O)NC(C(=O)NC(C(=O)NCC(=O)Nc4ccc(C(F)(F)F)cc4)c4cc(O)cc(O)c4-c4cc3ccc4O)C(O)c3ccc(c(Cl)c3)Oc3cc2cc(c3OC2OC(CO)C(O)C(O)C2OC2CC(C)(N)C(O)C(C)O2)Oc2ccc(cc2Cl)C1O. The fourth-order valence-corrected chi connectivity index (χ4v) is 14.2. The molecular weight excluding hydrogens is 1570 g/mol. The van der Waals surface area contributed by atoms with Crippen LogP contribution in [-0.4, -0.2) is 198 Å². The monoisotopic (exact) mass is 1650 g/mol. The summed E-state index contributed by atoms with van der Waals surface area (Å²) in [5.74, 6) is -17.3. The number of nitrogens with one attached hydrogen (secondary N) is 9. The first kappa shape index (κ1) is 85.2. The van der Waals surface area contributed by atoms with Crippen LogP contribution >= 0.6 is 23.2 Å². The van der Waals surface area contributed by atoms with Crippen LogP contribution in [0.4, 0.5) is 18.9 Å². The third kappa shape index (κ3) is 19.0. The Hall–Kier alpha value is -10.7. The summed E-state index contributed by atoms with van der Waals surface area (Å²) in [7, 11) is 1.46. The Bertz CT molecular complexity index is 4760. The number of primary amides is 1. The van der Waals surface area contributed by atoms with Crippen molar-refractivity contribution in [2.45, 2.75) is 162 Å². The number of amides is 9. The van der Waals surface area contributed by atoms with Gasteiger partial charge in [0.05, 0.1) is 53.4 Å². The highest BCUT2D eigenvalue weighted by Gasteiger charge is 2.52. The predicted molar refractivity (Wildman–Crippen MR) is 395 cm³/mol. The molecule has 35 nitrogen and oxygen atoms in total. The molecule has 40 heteroatoms. The number of hydrogen-bond acceptors (Lipinski definition) is 26. The Morgan fingerprint density at radius 3 is 1.90 bits per heavy atom. The number of likely N-dealkylation sites (N-methyl/N-ethyl adjacent to an activating group) is 1. The van der Waals surface area contributed by atoms with Gasteiger partial charge in [-0.05, 0) is 140 Å². The van der Waals surface area contributed by atoms with E-state index in [1.807, 2.05) is 0 Å². The molecule has 18 atom stereocenters. The van der Waals surface area contributed by atoms with E-state index in [4.69, 9.17) is 63.1 Å². The highest BCUT2D eigenvalue weighted by molar-refractivity contribution is 6.32. The second-order valence-electron chi connectivity index (χ2n) is 28.7. The highest BCUT2D eigenvalue weighted by atomic mass is 35.5. The number of aliphatic hydroxyl groups excluding tert-OH is 6. The maximum absolute atomic E-state index is 16.2. The molecule has 18 unspecified atom stereocenters. The minimum atomic E-state index is -4.75. The van der Waals surface area contributed by atoms with Gasteiger partial charge in [-0.15, -0.1) is 0 Å². The molecule has 7 aliphatic rings. The number of fused-ring (bicyclic) bond motifs is 15. The van der Waals surface area contributed by atoms with Gasteiger partial charge < -0.3 is 134 Å². The van der Waals surface area contributed by atoms with Crippen LogP contribution in [0.15, 0.2) is 103 Å². The Morgan fingerprint density at radius 1 is 0.704 bits per heavy atom. The van der Waals surface area contributed by atoms with E-state index in [0.29, 0.717) is 12.1 Å². The lowest BCUT2D eigenvalue weighted by molar-refractivity contribution is -0.333. The lowest BCUT2D eigenvalue weighted by Gasteiger charge is -2.47. The molecule has 7 aliphatic heterocycles. The number of aromatic hydroxyl groups is 3. The van der Waals surface area contributed by atoms with Crippen LogP contribution in [0.2, 0.25) is 10.0 Å². The van der Waals surface area contributed by atoms with Crippen LogP contribution in [0.25, 0.3) is 11.1 Å². The van der Waals surface area contributed by atoms with Crippen LogP contribution in [0.1, 0.15) is 111 Å². The topological polar surface area (TPSA) is 551 Å². The molecule has 0 spiro atoms. The van der Waals surface area contributed by atoms with Gasteiger partial charge in [-0.2, -0.15) is 13.2 Å². The van der Waals surface area contributed by atoms with Gasteiger partial charge in [-0.25, -0.2) is 0 Å². The van der Waals surface area contributed by atoms with Crippen molar-refractivity contribution in [1.82, 2.24) is 42.5 Å². The van der Waals surface area contributed by atoms with E-state index in [2.05, 4.69) is 47.9 Å². The number of phenols is 3. The van der Waals surface area contributed by atoms with E-state index in [1.54, 1.807) is 13.8 Å². The first-order chi connectivity index (χ1) is 54.2. The summed E-state index contributed by atoms with van der Waals surface area (Å²) in [5.41, 5.74) is 6.45. The Morgan fingerprint density at radius 2 is 1.31 bits per heavy atom. The van der Waals surface area contributed by atoms with E-state index in [9.17, 15) is 83.1 Å². The molecule has 2 saturated heterocycles. The Kier molecular flexibility index (Phi) is 25.8. The molecule has 6 aromatic rings. The number of benzene rings is 6. The van der Waals surface area contributed by atoms with Crippen molar-refractivity contribution in [1.29, 1.82) is 0 Å². The Balaban J connectivity index is 1.12. The highest BCUT2D eigenvalue weighted by Crippen LogP contribution is 2.50. The fraction of sp³-hybridized carbons (Fsp3) is 0.400. The second-order valence-corrected chi connectivity index (χ2v) is 29.5. The lowest BCUT2D eigenvalue weighted by Crippen LogP contribution is -2.64. The number of phenolic OH excluding ortho intramolecular Hbond substituents is 3. The normalized spacial score (nSPS) is 27.3. The number of halogens is 5. The summed E-state index contributed by atoms with van der Waals surface area (Å²) in [5, 5.41) is 126. The number of hydrogen-bond donors (Lipinski definition) is 20. The fourth-order valence-electron chi connectivity index (χ4n) is 13.7. The maximum Gasteiger partial charge on any atom is 0.416 e. The second kappa shape index (κ2) is 34.8. The third-order valence-electron chi connectivity index (χ3n) is 19.7. The summed E-state index contributed by atoms with van der Waals surface area (Å²) in [6.07, 6.45) is -23.8. The third-order valence-corrected chi connectivity index (χ3v) is 20.3. The van der Waals surface area contributed by atoms with Gasteiger partial charge in [0.2, 0.25) is 65.2 Å². The maximum atomic E-state index is 16.2. The molecule has 0 aliphatic carbocycles. The first-order valence-electron chi connectivity index (χ1n) is 35.7. The van der Waals surface area contributed by atoms with Crippen molar-refractivity contribution in [2.75, 3.05) is 25.5 Å². The van der Waals surface area contributed by atoms with Gasteiger partial charge in [0.25, 0.3) is 0 Å². The molecular formula is C75H82Cl2F3N11O24. The van der Waals surface area contributed by atoms with Gasteiger partial charge in [0, 0.05) is 34.8 Å². The predicted octanol–water partition coefficient (Wildman–Crippen LogP) is 1.80. The number of alkyl halides is 3. The van der Waals surface area contributed by atoms with Gasteiger partial charge in [0.15, 0.2) is 23.9 Å². The lowest BCUT2D eigenvalue weighted by atomic mass is 9.86. The van der Waals surface area contributed by atoms with Crippen LogP contribution in [0, 0.1) is 5.92 Å². The number of rotatable bonds is 16. The first-order valence-corrected chi connectivity index (χ1v) is 36.5. The zero-order chi connectivity index (χ0) is 83.7. The van der Waals surface area contributed by atoms with E-state index >= 15 is 19.2 Å². The molecule has 7 heterocycles. The molecule has 115 heavy (non-hydrogen) atoms. The zero-order valence-corrected chi connectivity index (χ0v) is 62.9. The molecule has 9 amide bonds. The largest absolute Gasteiger partial charge is 0.508 e. The number of anilines is 1. The van der Waals surface area contributed by atoms with Gasteiger partial charge in [-0.1, -0.05) is 55.2 Å². The van der Waals surface area contributed by atoms with Gasteiger partial charge >= 0.3 is 6.18 Å². The summed E-state index contributed by atoms with van der Waals surface area (Å²) in [4.78, 5) is 133. The zero-order valence-electron chi connectivity index (χ0n) is 61.4. The standard InChI is InChI=1S/C75H82Cl2F3N11O24/c1-28(2)16-41(83-5)66(103)90-57-59(98)31-7-14-45(39(76)18-31)111-47-20-33-21-48(63(47)115-73-64(62(101)61(100)49(27-92)113-73)114-52-25-74(4,82)65(102)29(3)110-52)112-46-15-8-32(19-40(46)77)60(99)58-72(109)89-56(68(105)84-26-51(97)85-35-11-9-34(10-12-35)75(78,79)80)38-22-36(93)23-44(95)53(38)37-17-30(6-13-43(37)94)54(69(106)91-58)88-70(107)55(33)87-67(104)42(24-50(81)96)86-71(57)108/h6-15,17-23,28-29,41-42,49,52,54-62,64-65,73,83,92-95,98-102H,16,24-27,82H2,1-5H3,(H2,81,96)(H,84,105)(H,85,97)(H,86,108)(H,87,104)(H,88,107)(H,89,109)(H,90,103)(H,91,106). The average Bonchev–Trinajstić information content (AvgIpc) is 0.764. The van der Waals surface area contributed by atoms with Crippen LogP contribution in [0.3, 0.4) is 0 Å². The average molecular weight is 1650 g/mol. The molecule has 11 bridgehead atoms. The van der Waals surface area contributed by atoms with Crippen LogP contribution in [-0.2, 0) is 63.5 Å². The van der Waals surface area contributed by atoms with Crippen molar-refractivity contribution in [3.8, 4) is 57.1 Å². The van der Waals surface area contributed by atoms with E-state index in [-0.39, 0.29) is 41.3 Å².